The summed E-state index contributed by atoms with van der Waals surface area (Å²) in [4.78, 5) is 14.6. The highest BCUT2D eigenvalue weighted by Crippen LogP contribution is 2.31. The Balaban J connectivity index is 1.81. The molecule has 2 aliphatic rings. The number of hydrogen-bond donors (Lipinski definition) is 1. The lowest BCUT2D eigenvalue weighted by Gasteiger charge is -2.17. The van der Waals surface area contributed by atoms with Crippen LogP contribution < -0.4 is 10.2 Å². The first-order chi connectivity index (χ1) is 9.66. The highest BCUT2D eigenvalue weighted by atomic mass is 16.5. The molecule has 0 spiro atoms. The molecule has 1 unspecified atom stereocenters. The van der Waals surface area contributed by atoms with Crippen molar-refractivity contribution < 1.29 is 9.53 Å². The maximum absolute atomic E-state index is 12.3. The van der Waals surface area contributed by atoms with Crippen LogP contribution in [0.1, 0.15) is 25.0 Å². The van der Waals surface area contributed by atoms with E-state index in [2.05, 4.69) is 15.3 Å². The van der Waals surface area contributed by atoms with Crippen molar-refractivity contribution in [1.82, 2.24) is 9.78 Å². The van der Waals surface area contributed by atoms with Gasteiger partial charge in [-0.3, -0.25) is 9.48 Å². The van der Waals surface area contributed by atoms with Crippen molar-refractivity contribution in [3.63, 3.8) is 0 Å². The van der Waals surface area contributed by atoms with E-state index < -0.39 is 0 Å². The number of nitrogens with zero attached hydrogens (tertiary/aromatic N) is 3. The summed E-state index contributed by atoms with van der Waals surface area (Å²) >= 11 is 0. The average Bonchev–Trinajstić information content (AvgIpc) is 3.15. The maximum Gasteiger partial charge on any atom is 0.230 e. The van der Waals surface area contributed by atoms with E-state index >= 15 is 0 Å². The Labute approximate surface area is 119 Å². The van der Waals surface area contributed by atoms with Gasteiger partial charge >= 0.3 is 0 Å². The van der Waals surface area contributed by atoms with Crippen LogP contribution in [0, 0.1) is 12.8 Å². The molecule has 6 heteroatoms. The molecule has 1 aromatic rings. The third-order valence-corrected chi connectivity index (χ3v) is 4.27. The molecule has 0 aromatic carbocycles. The molecule has 1 aromatic heterocycles. The van der Waals surface area contributed by atoms with Gasteiger partial charge in [-0.25, -0.2) is 0 Å². The van der Waals surface area contributed by atoms with Gasteiger partial charge in [-0.05, 0) is 26.2 Å². The lowest BCUT2D eigenvalue weighted by molar-refractivity contribution is -0.119. The maximum atomic E-state index is 12.3. The molecular weight excluding hydrogens is 256 g/mol. The number of ether oxygens (including phenoxy) is 1. The minimum atomic E-state index is -0.0268. The Kier molecular flexibility index (Phi) is 3.65. The van der Waals surface area contributed by atoms with E-state index in [-0.39, 0.29) is 11.8 Å². The largest absolute Gasteiger partial charge is 0.381 e. The summed E-state index contributed by atoms with van der Waals surface area (Å²) in [5.41, 5.74) is 1.87. The van der Waals surface area contributed by atoms with Gasteiger partial charge < -0.3 is 15.0 Å². The van der Waals surface area contributed by atoms with Crippen LogP contribution in [0.25, 0.3) is 0 Å². The van der Waals surface area contributed by atoms with Gasteiger partial charge in [0.2, 0.25) is 5.91 Å². The number of aryl methyl sites for hydroxylation is 1. The molecule has 110 valence electrons. The van der Waals surface area contributed by atoms with E-state index in [1.807, 2.05) is 18.7 Å². The normalized spacial score (nSPS) is 22.5. The Morgan fingerprint density at radius 3 is 2.80 bits per heavy atom. The minimum absolute atomic E-state index is 0.0268. The number of carbonyl (C=O) groups is 1. The average molecular weight is 278 g/mol. The molecule has 2 saturated heterocycles. The summed E-state index contributed by atoms with van der Waals surface area (Å²) < 4.78 is 7.13. The summed E-state index contributed by atoms with van der Waals surface area (Å²) in [6.07, 6.45) is 3.20. The zero-order chi connectivity index (χ0) is 14.1. The van der Waals surface area contributed by atoms with Crippen LogP contribution in [0.4, 0.5) is 11.5 Å². The predicted octanol–water partition coefficient (Wildman–Crippen LogP) is 1.30. The summed E-state index contributed by atoms with van der Waals surface area (Å²) in [7, 11) is 1.92. The van der Waals surface area contributed by atoms with E-state index in [0.29, 0.717) is 13.2 Å². The molecule has 2 fully saturated rings. The highest BCUT2D eigenvalue weighted by molar-refractivity contribution is 5.96. The minimum Gasteiger partial charge on any atom is -0.381 e. The first-order valence-corrected chi connectivity index (χ1v) is 7.34. The number of amides is 1. The van der Waals surface area contributed by atoms with Gasteiger partial charge in [-0.15, -0.1) is 0 Å². The highest BCUT2D eigenvalue weighted by Gasteiger charge is 2.27. The quantitative estimate of drug-likeness (QED) is 0.905. The second-order valence-electron chi connectivity index (χ2n) is 5.65. The van der Waals surface area contributed by atoms with Crippen LogP contribution in [0.3, 0.4) is 0 Å². The molecule has 0 radical (unpaired) electrons. The van der Waals surface area contributed by atoms with Gasteiger partial charge in [0.05, 0.1) is 18.2 Å². The molecule has 20 heavy (non-hydrogen) atoms. The summed E-state index contributed by atoms with van der Waals surface area (Å²) in [6.45, 7) is 5.25. The van der Waals surface area contributed by atoms with E-state index in [9.17, 15) is 4.79 Å². The van der Waals surface area contributed by atoms with Crippen LogP contribution in [0.2, 0.25) is 0 Å². The van der Waals surface area contributed by atoms with E-state index in [1.165, 1.54) is 12.8 Å². The van der Waals surface area contributed by atoms with Crippen molar-refractivity contribution in [2.24, 2.45) is 13.0 Å². The van der Waals surface area contributed by atoms with Crippen LogP contribution in [-0.2, 0) is 16.6 Å². The first kappa shape index (κ1) is 13.4. The summed E-state index contributed by atoms with van der Waals surface area (Å²) in [6, 6.07) is 0. The molecule has 0 bridgehead atoms. The molecule has 6 nitrogen and oxygen atoms in total. The second kappa shape index (κ2) is 5.44. The number of carbonyl (C=O) groups excluding carboxylic acids is 1. The van der Waals surface area contributed by atoms with Crippen molar-refractivity contribution >= 4 is 17.4 Å². The predicted molar refractivity (Wildman–Crippen MR) is 76.9 cm³/mol. The molecule has 1 atom stereocenters. The molecule has 0 aliphatic carbocycles. The SMILES string of the molecule is Cc1c(NC(=O)C2CCOC2)c(N2CCCC2)nn1C. The van der Waals surface area contributed by atoms with Crippen molar-refractivity contribution in [2.75, 3.05) is 36.5 Å². The zero-order valence-corrected chi connectivity index (χ0v) is 12.2. The number of aromatic nitrogens is 2. The van der Waals surface area contributed by atoms with Crippen molar-refractivity contribution in [2.45, 2.75) is 26.2 Å². The number of nitrogens with one attached hydrogen (secondary N) is 1. The summed E-state index contributed by atoms with van der Waals surface area (Å²) in [5, 5.41) is 7.64. The second-order valence-corrected chi connectivity index (χ2v) is 5.65. The Morgan fingerprint density at radius 2 is 2.15 bits per heavy atom. The molecule has 1 amide bonds. The van der Waals surface area contributed by atoms with Gasteiger partial charge in [0.25, 0.3) is 0 Å². The fraction of sp³-hybridized carbons (Fsp3) is 0.714. The molecule has 0 saturated carbocycles. The Bertz CT molecular complexity index is 500. The van der Waals surface area contributed by atoms with E-state index in [0.717, 1.165) is 36.7 Å². The van der Waals surface area contributed by atoms with Gasteiger partial charge in [0.15, 0.2) is 5.82 Å². The number of anilines is 2. The van der Waals surface area contributed by atoms with Gasteiger partial charge in [-0.2, -0.15) is 5.10 Å². The van der Waals surface area contributed by atoms with Crippen molar-refractivity contribution in [3.05, 3.63) is 5.69 Å². The summed E-state index contributed by atoms with van der Waals surface area (Å²) in [5.74, 6) is 0.940. The van der Waals surface area contributed by atoms with E-state index in [4.69, 9.17) is 4.74 Å². The molecule has 3 heterocycles. The van der Waals surface area contributed by atoms with Crippen LogP contribution in [0.5, 0.6) is 0 Å². The standard InChI is InChI=1S/C14H22N4O2/c1-10-12(15-14(19)11-5-8-20-9-11)13(16-17(10)2)18-6-3-4-7-18/h11H,3-9H2,1-2H3,(H,15,19). The van der Waals surface area contributed by atoms with Crippen LogP contribution >= 0.6 is 0 Å². The van der Waals surface area contributed by atoms with E-state index in [1.54, 1.807) is 0 Å². The zero-order valence-electron chi connectivity index (χ0n) is 12.2. The van der Waals surface area contributed by atoms with Gasteiger partial charge in [0, 0.05) is 26.7 Å². The van der Waals surface area contributed by atoms with Gasteiger partial charge in [-0.1, -0.05) is 0 Å². The molecular formula is C14H22N4O2. The van der Waals surface area contributed by atoms with Crippen LogP contribution in [0.15, 0.2) is 0 Å². The fourth-order valence-corrected chi connectivity index (χ4v) is 2.85. The monoisotopic (exact) mass is 278 g/mol. The van der Waals surface area contributed by atoms with Crippen LogP contribution in [-0.4, -0.2) is 42.0 Å². The lowest BCUT2D eigenvalue weighted by Crippen LogP contribution is -2.25. The first-order valence-electron chi connectivity index (χ1n) is 7.34. The smallest absolute Gasteiger partial charge is 0.230 e. The van der Waals surface area contributed by atoms with Gasteiger partial charge in [0.1, 0.15) is 5.69 Å². The molecule has 1 N–H and O–H groups in total. The topological polar surface area (TPSA) is 59.4 Å². The molecule has 2 aliphatic heterocycles. The Hall–Kier alpha value is -1.56. The lowest BCUT2D eigenvalue weighted by atomic mass is 10.1. The third-order valence-electron chi connectivity index (χ3n) is 4.27. The number of rotatable bonds is 3. The fourth-order valence-electron chi connectivity index (χ4n) is 2.85. The molecule has 3 rings (SSSR count). The van der Waals surface area contributed by atoms with Crippen molar-refractivity contribution in [3.8, 4) is 0 Å². The third kappa shape index (κ3) is 2.40. The Morgan fingerprint density at radius 1 is 1.40 bits per heavy atom. The van der Waals surface area contributed by atoms with Crippen molar-refractivity contribution in [1.29, 1.82) is 0 Å². The number of hydrogen-bond acceptors (Lipinski definition) is 4.